The first-order valence-electron chi connectivity index (χ1n) is 9.78. The van der Waals surface area contributed by atoms with Crippen molar-refractivity contribution in [1.82, 2.24) is 25.5 Å². The molecule has 1 aliphatic rings. The number of hydrogen-bond donors (Lipinski definition) is 2. The average Bonchev–Trinajstić information content (AvgIpc) is 3.17. The monoisotopic (exact) mass is 410 g/mol. The zero-order valence-corrected chi connectivity index (χ0v) is 17.0. The fraction of sp³-hybridized carbons (Fsp3) is 0.333. The summed E-state index contributed by atoms with van der Waals surface area (Å²) in [4.78, 5) is 12.4. The molecule has 1 aliphatic heterocycles. The van der Waals surface area contributed by atoms with E-state index in [1.54, 1.807) is 16.8 Å². The highest BCUT2D eigenvalue weighted by molar-refractivity contribution is 5.89. The summed E-state index contributed by atoms with van der Waals surface area (Å²) >= 11 is 0. The second-order valence-electron chi connectivity index (χ2n) is 7.67. The fourth-order valence-electron chi connectivity index (χ4n) is 3.50. The van der Waals surface area contributed by atoms with Gasteiger partial charge in [-0.25, -0.2) is 9.18 Å². The molecule has 9 heteroatoms. The molecule has 0 aliphatic carbocycles. The van der Waals surface area contributed by atoms with Crippen LogP contribution >= 0.6 is 0 Å². The van der Waals surface area contributed by atoms with Gasteiger partial charge in [0, 0.05) is 11.6 Å². The number of carbonyl (C=O) groups is 1. The zero-order valence-electron chi connectivity index (χ0n) is 17.0. The van der Waals surface area contributed by atoms with Gasteiger partial charge in [0.1, 0.15) is 18.2 Å². The normalized spacial score (nSPS) is 15.4. The number of aryl methyl sites for hydroxylation is 1. The van der Waals surface area contributed by atoms with Crippen LogP contribution in [-0.4, -0.2) is 38.9 Å². The maximum Gasteiger partial charge on any atom is 0.319 e. The van der Waals surface area contributed by atoms with Crippen molar-refractivity contribution in [3.63, 3.8) is 0 Å². The third-order valence-electron chi connectivity index (χ3n) is 4.96. The number of tetrazole rings is 1. The second kappa shape index (κ2) is 8.10. The van der Waals surface area contributed by atoms with E-state index in [4.69, 9.17) is 4.74 Å². The number of ether oxygens (including phenoxy) is 1. The van der Waals surface area contributed by atoms with Crippen molar-refractivity contribution >= 4 is 11.7 Å². The molecule has 1 unspecified atom stereocenters. The second-order valence-corrected chi connectivity index (χ2v) is 7.67. The predicted molar refractivity (Wildman–Crippen MR) is 110 cm³/mol. The van der Waals surface area contributed by atoms with E-state index in [0.29, 0.717) is 24.5 Å². The van der Waals surface area contributed by atoms with Crippen LogP contribution in [0.2, 0.25) is 0 Å². The molecule has 8 nitrogen and oxygen atoms in total. The summed E-state index contributed by atoms with van der Waals surface area (Å²) in [7, 11) is 0. The van der Waals surface area contributed by atoms with E-state index >= 15 is 0 Å². The van der Waals surface area contributed by atoms with Crippen LogP contribution in [0.4, 0.5) is 14.9 Å². The first-order valence-corrected chi connectivity index (χ1v) is 9.78. The van der Waals surface area contributed by atoms with E-state index in [0.717, 1.165) is 22.6 Å². The Morgan fingerprint density at radius 2 is 2.10 bits per heavy atom. The predicted octanol–water partition coefficient (Wildman–Crippen LogP) is 3.36. The summed E-state index contributed by atoms with van der Waals surface area (Å²) in [6.07, 6.45) is 0.510. The van der Waals surface area contributed by atoms with Crippen molar-refractivity contribution < 1.29 is 13.9 Å². The SMILES string of the molecule is Cc1cc(NC(=O)NC2COc3ccc(F)cc3C2)ccc1-n1nnnc1C(C)C. The van der Waals surface area contributed by atoms with Gasteiger partial charge in [0.05, 0.1) is 11.7 Å². The van der Waals surface area contributed by atoms with Crippen molar-refractivity contribution in [2.24, 2.45) is 0 Å². The van der Waals surface area contributed by atoms with Crippen molar-refractivity contribution in [3.8, 4) is 11.4 Å². The lowest BCUT2D eigenvalue weighted by molar-refractivity contribution is 0.222. The van der Waals surface area contributed by atoms with Crippen LogP contribution in [0.15, 0.2) is 36.4 Å². The van der Waals surface area contributed by atoms with Crippen LogP contribution in [0.25, 0.3) is 5.69 Å². The smallest absolute Gasteiger partial charge is 0.319 e. The van der Waals surface area contributed by atoms with E-state index in [-0.39, 0.29) is 23.8 Å². The summed E-state index contributed by atoms with van der Waals surface area (Å²) < 4.78 is 20.8. The molecule has 0 saturated heterocycles. The molecule has 2 amide bonds. The molecule has 4 rings (SSSR count). The molecule has 0 spiro atoms. The van der Waals surface area contributed by atoms with Crippen LogP contribution in [0.5, 0.6) is 5.75 Å². The van der Waals surface area contributed by atoms with E-state index < -0.39 is 0 Å². The molecular weight excluding hydrogens is 387 g/mol. The number of hydrogen-bond acceptors (Lipinski definition) is 5. The lowest BCUT2D eigenvalue weighted by Gasteiger charge is -2.26. The molecule has 1 atom stereocenters. The van der Waals surface area contributed by atoms with Gasteiger partial charge in [-0.05, 0) is 71.3 Å². The molecule has 0 fully saturated rings. The third kappa shape index (κ3) is 4.10. The standard InChI is InChI=1S/C21H23FN6O2/c1-12(2)20-25-26-27-28(20)18-6-5-16(8-13(18)3)23-21(29)24-17-10-14-9-15(22)4-7-19(14)30-11-17/h4-9,12,17H,10-11H2,1-3H3,(H2,23,24,29). The average molecular weight is 410 g/mol. The van der Waals surface area contributed by atoms with Gasteiger partial charge in [-0.3, -0.25) is 0 Å². The van der Waals surface area contributed by atoms with Gasteiger partial charge in [-0.2, -0.15) is 4.68 Å². The summed E-state index contributed by atoms with van der Waals surface area (Å²) in [5, 5.41) is 17.6. The highest BCUT2D eigenvalue weighted by atomic mass is 19.1. The number of nitrogens with zero attached hydrogens (tertiary/aromatic N) is 4. The van der Waals surface area contributed by atoms with Gasteiger partial charge in [0.15, 0.2) is 5.82 Å². The van der Waals surface area contributed by atoms with E-state index in [2.05, 4.69) is 26.2 Å². The molecule has 156 valence electrons. The molecule has 2 aromatic carbocycles. The molecule has 30 heavy (non-hydrogen) atoms. The first kappa shape index (κ1) is 19.8. The number of anilines is 1. The lowest BCUT2D eigenvalue weighted by atomic mass is 10.0. The van der Waals surface area contributed by atoms with Crippen molar-refractivity contribution in [2.45, 2.75) is 39.2 Å². The number of nitrogens with one attached hydrogen (secondary N) is 2. The Bertz CT molecular complexity index is 1080. The Hall–Kier alpha value is -3.49. The molecule has 2 N–H and O–H groups in total. The number of carbonyl (C=O) groups excluding carboxylic acids is 1. The summed E-state index contributed by atoms with van der Waals surface area (Å²) in [6.45, 7) is 6.32. The maximum absolute atomic E-state index is 13.4. The maximum atomic E-state index is 13.4. The topological polar surface area (TPSA) is 94.0 Å². The Morgan fingerprint density at radius 1 is 1.27 bits per heavy atom. The van der Waals surface area contributed by atoms with Gasteiger partial charge in [0.2, 0.25) is 0 Å². The van der Waals surface area contributed by atoms with E-state index in [1.165, 1.54) is 12.1 Å². The Balaban J connectivity index is 1.42. The number of urea groups is 1. The minimum absolute atomic E-state index is 0.180. The number of amides is 2. The number of rotatable bonds is 4. The molecule has 3 aromatic rings. The Morgan fingerprint density at radius 3 is 2.87 bits per heavy atom. The van der Waals surface area contributed by atoms with Crippen LogP contribution < -0.4 is 15.4 Å². The molecule has 2 heterocycles. The van der Waals surface area contributed by atoms with Gasteiger partial charge in [0.25, 0.3) is 0 Å². The minimum atomic E-state index is -0.346. The summed E-state index contributed by atoms with van der Waals surface area (Å²) in [6, 6.07) is 9.36. The molecule has 0 saturated carbocycles. The summed E-state index contributed by atoms with van der Waals surface area (Å²) in [5.74, 6) is 1.29. The largest absolute Gasteiger partial charge is 0.491 e. The van der Waals surface area contributed by atoms with Crippen molar-refractivity contribution in [2.75, 3.05) is 11.9 Å². The van der Waals surface area contributed by atoms with E-state index in [9.17, 15) is 9.18 Å². The quantitative estimate of drug-likeness (QED) is 0.688. The minimum Gasteiger partial charge on any atom is -0.491 e. The van der Waals surface area contributed by atoms with Crippen molar-refractivity contribution in [1.29, 1.82) is 0 Å². The number of benzene rings is 2. The molecule has 0 radical (unpaired) electrons. The van der Waals surface area contributed by atoms with Crippen LogP contribution in [0.3, 0.4) is 0 Å². The van der Waals surface area contributed by atoms with Gasteiger partial charge >= 0.3 is 6.03 Å². The van der Waals surface area contributed by atoms with Crippen LogP contribution in [0.1, 0.15) is 36.7 Å². The van der Waals surface area contributed by atoms with Gasteiger partial charge in [-0.1, -0.05) is 13.8 Å². The van der Waals surface area contributed by atoms with Crippen molar-refractivity contribution in [3.05, 3.63) is 59.2 Å². The first-order chi connectivity index (χ1) is 14.4. The molecule has 0 bridgehead atoms. The highest BCUT2D eigenvalue weighted by Crippen LogP contribution is 2.25. The van der Waals surface area contributed by atoms with E-state index in [1.807, 2.05) is 32.9 Å². The number of fused-ring (bicyclic) bond motifs is 1. The Kier molecular flexibility index (Phi) is 5.35. The summed E-state index contributed by atoms with van der Waals surface area (Å²) in [5.41, 5.74) is 3.17. The Labute approximate surface area is 173 Å². The molecular formula is C21H23FN6O2. The lowest BCUT2D eigenvalue weighted by Crippen LogP contribution is -2.44. The number of aromatic nitrogens is 4. The fourth-order valence-corrected chi connectivity index (χ4v) is 3.50. The third-order valence-corrected chi connectivity index (χ3v) is 4.96. The zero-order chi connectivity index (χ0) is 21.3. The van der Waals surface area contributed by atoms with Gasteiger partial charge in [-0.15, -0.1) is 5.10 Å². The highest BCUT2D eigenvalue weighted by Gasteiger charge is 2.22. The van der Waals surface area contributed by atoms with Gasteiger partial charge < -0.3 is 15.4 Å². The molecule has 1 aromatic heterocycles. The van der Waals surface area contributed by atoms with Crippen LogP contribution in [-0.2, 0) is 6.42 Å². The number of halogens is 1. The van der Waals surface area contributed by atoms with Crippen LogP contribution in [0, 0.1) is 12.7 Å².